The lowest BCUT2D eigenvalue weighted by Crippen LogP contribution is -2.36. The maximum atomic E-state index is 14.2. The predicted molar refractivity (Wildman–Crippen MR) is 115 cm³/mol. The third-order valence-electron chi connectivity index (χ3n) is 5.35. The molecule has 0 saturated carbocycles. The van der Waals surface area contributed by atoms with Gasteiger partial charge in [-0.05, 0) is 48.6 Å². The van der Waals surface area contributed by atoms with Crippen molar-refractivity contribution in [3.8, 4) is 11.5 Å². The Balaban J connectivity index is 1.53. The number of halogens is 1. The van der Waals surface area contributed by atoms with Crippen molar-refractivity contribution in [2.75, 3.05) is 44.5 Å². The molecule has 2 N–H and O–H groups in total. The Bertz CT molecular complexity index is 895. The van der Waals surface area contributed by atoms with Gasteiger partial charge in [0.25, 0.3) is 0 Å². The minimum atomic E-state index is -3.31. The molecular formula is C22H29FNO5P. The van der Waals surface area contributed by atoms with E-state index in [1.807, 2.05) is 4.90 Å². The number of aliphatic hydroxyl groups excluding tert-OH is 1. The molecule has 1 aliphatic rings. The van der Waals surface area contributed by atoms with Gasteiger partial charge in [0.2, 0.25) is 7.37 Å². The van der Waals surface area contributed by atoms with Gasteiger partial charge in [-0.3, -0.25) is 4.57 Å². The van der Waals surface area contributed by atoms with E-state index in [9.17, 15) is 19.0 Å². The topological polar surface area (TPSA) is 79.2 Å². The zero-order valence-electron chi connectivity index (χ0n) is 17.3. The van der Waals surface area contributed by atoms with Crippen molar-refractivity contribution in [2.45, 2.75) is 18.9 Å². The average molecular weight is 437 g/mol. The van der Waals surface area contributed by atoms with E-state index in [1.165, 1.54) is 12.7 Å². The van der Waals surface area contributed by atoms with Crippen LogP contribution in [-0.2, 0) is 4.57 Å². The summed E-state index contributed by atoms with van der Waals surface area (Å²) >= 11 is 0. The third kappa shape index (κ3) is 6.21. The molecule has 8 heteroatoms. The van der Waals surface area contributed by atoms with Gasteiger partial charge in [0.05, 0.1) is 31.7 Å². The molecule has 0 amide bonds. The molecule has 6 nitrogen and oxygen atoms in total. The summed E-state index contributed by atoms with van der Waals surface area (Å²) in [6, 6.07) is 11.8. The number of rotatable bonds is 8. The van der Waals surface area contributed by atoms with Crippen LogP contribution in [0.1, 0.15) is 24.5 Å². The van der Waals surface area contributed by atoms with Crippen molar-refractivity contribution in [1.29, 1.82) is 0 Å². The van der Waals surface area contributed by atoms with Gasteiger partial charge in [0.1, 0.15) is 17.3 Å². The van der Waals surface area contributed by atoms with Gasteiger partial charge in [0, 0.05) is 25.8 Å². The Morgan fingerprint density at radius 2 is 1.93 bits per heavy atom. The first kappa shape index (κ1) is 22.6. The molecule has 1 unspecified atom stereocenters. The number of methoxy groups -OCH3 is 1. The van der Waals surface area contributed by atoms with Gasteiger partial charge in [-0.2, -0.15) is 0 Å². The van der Waals surface area contributed by atoms with Crippen LogP contribution in [0.15, 0.2) is 42.5 Å². The summed E-state index contributed by atoms with van der Waals surface area (Å²) in [6.45, 7) is 3.24. The highest BCUT2D eigenvalue weighted by Crippen LogP contribution is 2.40. The monoisotopic (exact) mass is 437 g/mol. The number of hydrogen-bond donors (Lipinski definition) is 2. The molecule has 1 fully saturated rings. The molecule has 0 aliphatic carbocycles. The fourth-order valence-corrected chi connectivity index (χ4v) is 4.51. The van der Waals surface area contributed by atoms with Crippen LogP contribution in [0.25, 0.3) is 0 Å². The quantitative estimate of drug-likeness (QED) is 0.607. The molecule has 1 aliphatic heterocycles. The Labute approximate surface area is 176 Å². The number of nitrogens with zero attached hydrogens (tertiary/aromatic N) is 1. The van der Waals surface area contributed by atoms with Crippen molar-refractivity contribution in [2.24, 2.45) is 5.92 Å². The van der Waals surface area contributed by atoms with E-state index in [2.05, 4.69) is 0 Å². The Morgan fingerprint density at radius 3 is 2.60 bits per heavy atom. The lowest BCUT2D eigenvalue weighted by atomic mass is 9.97. The first-order valence-corrected chi connectivity index (χ1v) is 12.3. The van der Waals surface area contributed by atoms with Crippen LogP contribution in [0.3, 0.4) is 0 Å². The summed E-state index contributed by atoms with van der Waals surface area (Å²) in [6.07, 6.45) is 0.566. The zero-order chi connectivity index (χ0) is 21.7. The molecular weight excluding hydrogens is 408 g/mol. The minimum absolute atomic E-state index is 0.185. The van der Waals surface area contributed by atoms with Gasteiger partial charge in [-0.25, -0.2) is 4.39 Å². The smallest absolute Gasteiger partial charge is 0.200 e. The van der Waals surface area contributed by atoms with Crippen molar-refractivity contribution >= 4 is 13.1 Å². The van der Waals surface area contributed by atoms with E-state index < -0.39 is 13.5 Å². The second kappa shape index (κ2) is 9.82. The lowest BCUT2D eigenvalue weighted by Gasteiger charge is -2.33. The van der Waals surface area contributed by atoms with Crippen LogP contribution >= 0.6 is 7.37 Å². The van der Waals surface area contributed by atoms with Gasteiger partial charge in [-0.15, -0.1) is 0 Å². The van der Waals surface area contributed by atoms with Crippen molar-refractivity contribution in [1.82, 2.24) is 0 Å². The summed E-state index contributed by atoms with van der Waals surface area (Å²) in [5.74, 6) is 1.36. The molecule has 0 aromatic heterocycles. The summed E-state index contributed by atoms with van der Waals surface area (Å²) < 4.78 is 36.8. The molecule has 164 valence electrons. The van der Waals surface area contributed by atoms with E-state index >= 15 is 0 Å². The highest BCUT2D eigenvalue weighted by molar-refractivity contribution is 7.57. The normalized spacial score (nSPS) is 18.0. The molecule has 30 heavy (non-hydrogen) atoms. The first-order valence-electron chi connectivity index (χ1n) is 10.0. The van der Waals surface area contributed by atoms with Gasteiger partial charge < -0.3 is 24.4 Å². The largest absolute Gasteiger partial charge is 0.497 e. The fourth-order valence-electron chi connectivity index (χ4n) is 3.65. The molecule has 3 rings (SSSR count). The molecule has 2 aromatic rings. The van der Waals surface area contributed by atoms with Crippen LogP contribution < -0.4 is 14.4 Å². The van der Waals surface area contributed by atoms with Crippen LogP contribution in [0, 0.1) is 11.7 Å². The number of anilines is 1. The maximum absolute atomic E-state index is 14.2. The fraction of sp³-hybridized carbons (Fsp3) is 0.455. The van der Waals surface area contributed by atoms with E-state index in [-0.39, 0.29) is 12.0 Å². The zero-order valence-corrected chi connectivity index (χ0v) is 18.2. The Hall–Kier alpha value is -2.08. The molecule has 0 bridgehead atoms. The van der Waals surface area contributed by atoms with Crippen molar-refractivity contribution in [3.05, 3.63) is 53.8 Å². The molecule has 2 atom stereocenters. The van der Waals surface area contributed by atoms with Crippen molar-refractivity contribution < 1.29 is 28.4 Å². The van der Waals surface area contributed by atoms with Crippen LogP contribution in [-0.4, -0.2) is 49.6 Å². The highest BCUT2D eigenvalue weighted by Gasteiger charge is 2.23. The SMILES string of the molecule is COc1ccc(F)c(N2CCC(COc3cccc([C@H](O)CP(C)(=O)O)c3)CC2)c1. The second-order valence-corrected chi connectivity index (χ2v) is 10.3. The maximum Gasteiger partial charge on any atom is 0.200 e. The number of ether oxygens (including phenoxy) is 2. The predicted octanol–water partition coefficient (Wildman–Crippen LogP) is 4.06. The number of aliphatic hydroxyl groups is 1. The summed E-state index contributed by atoms with van der Waals surface area (Å²) in [5, 5.41) is 10.2. The number of benzene rings is 2. The molecule has 0 radical (unpaired) electrons. The second-order valence-electron chi connectivity index (χ2n) is 7.88. The van der Waals surface area contributed by atoms with E-state index in [4.69, 9.17) is 9.47 Å². The van der Waals surface area contributed by atoms with E-state index in [0.717, 1.165) is 25.9 Å². The third-order valence-corrected chi connectivity index (χ3v) is 6.37. The highest BCUT2D eigenvalue weighted by atomic mass is 31.2. The molecule has 0 spiro atoms. The van der Waals surface area contributed by atoms with Crippen LogP contribution in [0.4, 0.5) is 10.1 Å². The number of piperidine rings is 1. The molecule has 2 aromatic carbocycles. The summed E-state index contributed by atoms with van der Waals surface area (Å²) in [5.41, 5.74) is 1.12. The first-order chi connectivity index (χ1) is 14.2. The number of hydrogen-bond acceptors (Lipinski definition) is 5. The van der Waals surface area contributed by atoms with E-state index in [0.29, 0.717) is 35.3 Å². The average Bonchev–Trinajstić information content (AvgIpc) is 2.72. The lowest BCUT2D eigenvalue weighted by molar-refractivity contribution is 0.196. The van der Waals surface area contributed by atoms with Crippen LogP contribution in [0.5, 0.6) is 11.5 Å². The molecule has 1 heterocycles. The van der Waals surface area contributed by atoms with Gasteiger partial charge in [0.15, 0.2) is 0 Å². The standard InChI is InChI=1S/C22H29FNO5P/c1-28-18-6-7-20(23)21(13-18)24-10-8-16(9-11-24)14-29-19-5-3-4-17(12-19)22(25)15-30(2,26)27/h3-7,12-13,16,22,25H,8-11,14-15H2,1-2H3,(H,26,27)/t22-/m1/s1. The Morgan fingerprint density at radius 1 is 1.20 bits per heavy atom. The van der Waals surface area contributed by atoms with Gasteiger partial charge >= 0.3 is 0 Å². The van der Waals surface area contributed by atoms with E-state index in [1.54, 1.807) is 43.5 Å². The summed E-state index contributed by atoms with van der Waals surface area (Å²) in [7, 11) is -1.74. The van der Waals surface area contributed by atoms with Crippen molar-refractivity contribution in [3.63, 3.8) is 0 Å². The van der Waals surface area contributed by atoms with Gasteiger partial charge in [-0.1, -0.05) is 12.1 Å². The van der Waals surface area contributed by atoms with Crippen LogP contribution in [0.2, 0.25) is 0 Å². The minimum Gasteiger partial charge on any atom is -0.497 e. The molecule has 1 saturated heterocycles. The summed E-state index contributed by atoms with van der Waals surface area (Å²) in [4.78, 5) is 11.5. The Kier molecular flexibility index (Phi) is 7.40.